The van der Waals surface area contributed by atoms with Crippen LogP contribution in [0.4, 0.5) is 11.4 Å². The zero-order valence-electron chi connectivity index (χ0n) is 19.7. The maximum atomic E-state index is 12.5. The molecule has 1 aliphatic rings. The number of benzene rings is 2. The van der Waals surface area contributed by atoms with E-state index in [1.54, 1.807) is 17.9 Å². The Labute approximate surface area is 199 Å². The maximum absolute atomic E-state index is 12.5. The highest BCUT2D eigenvalue weighted by atomic mass is 32.2. The summed E-state index contributed by atoms with van der Waals surface area (Å²) in [4.78, 5) is 39.1. The molecule has 1 unspecified atom stereocenters. The van der Waals surface area contributed by atoms with Crippen molar-refractivity contribution in [2.45, 2.75) is 31.6 Å². The molecule has 2 aromatic carbocycles. The summed E-state index contributed by atoms with van der Waals surface area (Å²) in [5, 5.41) is 2.59. The monoisotopic (exact) mass is 487 g/mol. The van der Waals surface area contributed by atoms with Gasteiger partial charge in [0.2, 0.25) is 15.9 Å². The Morgan fingerprint density at radius 2 is 1.88 bits per heavy atom. The average molecular weight is 488 g/mol. The van der Waals surface area contributed by atoms with Crippen LogP contribution >= 0.6 is 0 Å². The summed E-state index contributed by atoms with van der Waals surface area (Å²) in [5.74, 6) is -2.06. The van der Waals surface area contributed by atoms with E-state index in [1.165, 1.54) is 26.2 Å². The van der Waals surface area contributed by atoms with Crippen molar-refractivity contribution in [2.75, 3.05) is 37.5 Å². The van der Waals surface area contributed by atoms with Gasteiger partial charge in [-0.3, -0.25) is 14.4 Å². The van der Waals surface area contributed by atoms with E-state index in [4.69, 9.17) is 4.74 Å². The number of nitrogens with one attached hydrogen (secondary N) is 1. The Hall–Kier alpha value is -3.24. The highest BCUT2D eigenvalue weighted by Crippen LogP contribution is 2.29. The van der Waals surface area contributed by atoms with E-state index in [9.17, 15) is 22.8 Å². The molecule has 0 aromatic heterocycles. The van der Waals surface area contributed by atoms with Gasteiger partial charge in [-0.1, -0.05) is 31.2 Å². The largest absolute Gasteiger partial charge is 0.455 e. The predicted octanol–water partition coefficient (Wildman–Crippen LogP) is 2.34. The number of esters is 1. The van der Waals surface area contributed by atoms with Crippen molar-refractivity contribution in [2.24, 2.45) is 5.92 Å². The van der Waals surface area contributed by atoms with E-state index in [-0.39, 0.29) is 23.8 Å². The molecule has 0 radical (unpaired) electrons. The van der Waals surface area contributed by atoms with Crippen LogP contribution in [0.25, 0.3) is 0 Å². The van der Waals surface area contributed by atoms with Gasteiger partial charge >= 0.3 is 5.97 Å². The molecule has 3 rings (SSSR count). The fraction of sp³-hybridized carbons (Fsp3) is 0.375. The second-order valence-corrected chi connectivity index (χ2v) is 10.5. The first-order chi connectivity index (χ1) is 16.0. The quantitative estimate of drug-likeness (QED) is 0.572. The molecule has 34 heavy (non-hydrogen) atoms. The molecule has 1 N–H and O–H groups in total. The maximum Gasteiger partial charge on any atom is 0.311 e. The number of carbonyl (C=O) groups is 3. The van der Waals surface area contributed by atoms with Gasteiger partial charge in [-0.2, -0.15) is 0 Å². The fourth-order valence-electron chi connectivity index (χ4n) is 3.72. The number of anilines is 2. The van der Waals surface area contributed by atoms with Crippen LogP contribution in [0, 0.1) is 12.8 Å². The van der Waals surface area contributed by atoms with E-state index in [2.05, 4.69) is 5.32 Å². The van der Waals surface area contributed by atoms with Crippen LogP contribution in [-0.2, 0) is 35.6 Å². The molecule has 2 amide bonds. The van der Waals surface area contributed by atoms with Gasteiger partial charge in [0.05, 0.1) is 10.8 Å². The molecular weight excluding hydrogens is 458 g/mol. The SMILES string of the molecule is CCc1ccccc1N1CC(C(=O)OCC(=O)Nc2cc(S(=O)(=O)N(C)C)ccc2C)CC1=O. The summed E-state index contributed by atoms with van der Waals surface area (Å²) in [7, 11) is -0.829. The number of amides is 2. The number of aryl methyl sites for hydroxylation is 2. The van der Waals surface area contributed by atoms with Crippen LogP contribution in [-0.4, -0.2) is 57.8 Å². The van der Waals surface area contributed by atoms with Crippen molar-refractivity contribution in [3.8, 4) is 0 Å². The van der Waals surface area contributed by atoms with Crippen molar-refractivity contribution in [3.05, 3.63) is 53.6 Å². The van der Waals surface area contributed by atoms with Crippen molar-refractivity contribution in [1.82, 2.24) is 4.31 Å². The van der Waals surface area contributed by atoms with Crippen molar-refractivity contribution in [1.29, 1.82) is 0 Å². The number of rotatable bonds is 8. The first-order valence-corrected chi connectivity index (χ1v) is 12.4. The number of para-hydroxylation sites is 1. The van der Waals surface area contributed by atoms with Gasteiger partial charge in [-0.25, -0.2) is 12.7 Å². The number of carbonyl (C=O) groups excluding carboxylic acids is 3. The smallest absolute Gasteiger partial charge is 0.311 e. The highest BCUT2D eigenvalue weighted by molar-refractivity contribution is 7.89. The second-order valence-electron chi connectivity index (χ2n) is 8.31. The van der Waals surface area contributed by atoms with Crippen LogP contribution in [0.15, 0.2) is 47.4 Å². The van der Waals surface area contributed by atoms with E-state index in [0.717, 1.165) is 22.0 Å². The van der Waals surface area contributed by atoms with Gasteiger partial charge in [0.25, 0.3) is 5.91 Å². The Balaban J connectivity index is 1.61. The number of nitrogens with zero attached hydrogens (tertiary/aromatic N) is 2. The first-order valence-electron chi connectivity index (χ1n) is 10.9. The van der Waals surface area contributed by atoms with Crippen molar-refractivity contribution >= 4 is 39.2 Å². The first kappa shape index (κ1) is 25.4. The Morgan fingerprint density at radius 3 is 2.56 bits per heavy atom. The van der Waals surface area contributed by atoms with E-state index < -0.39 is 34.4 Å². The average Bonchev–Trinajstić information content (AvgIpc) is 3.20. The molecule has 182 valence electrons. The van der Waals surface area contributed by atoms with Crippen LogP contribution < -0.4 is 10.2 Å². The number of hydrogen-bond acceptors (Lipinski definition) is 6. The molecule has 1 saturated heterocycles. The number of hydrogen-bond donors (Lipinski definition) is 1. The minimum atomic E-state index is -3.67. The van der Waals surface area contributed by atoms with Crippen molar-refractivity contribution < 1.29 is 27.5 Å². The van der Waals surface area contributed by atoms with Gasteiger partial charge in [-0.05, 0) is 42.7 Å². The molecule has 1 fully saturated rings. The third kappa shape index (κ3) is 5.45. The predicted molar refractivity (Wildman–Crippen MR) is 128 cm³/mol. The molecule has 0 aliphatic carbocycles. The molecule has 1 aliphatic heterocycles. The Morgan fingerprint density at radius 1 is 1.18 bits per heavy atom. The second kappa shape index (κ2) is 10.4. The molecule has 0 saturated carbocycles. The normalized spacial score (nSPS) is 16.1. The summed E-state index contributed by atoms with van der Waals surface area (Å²) < 4.78 is 31.0. The molecule has 2 aromatic rings. The fourth-order valence-corrected chi connectivity index (χ4v) is 4.65. The van der Waals surface area contributed by atoms with Gasteiger partial charge in [0, 0.05) is 38.4 Å². The van der Waals surface area contributed by atoms with Gasteiger partial charge in [0.15, 0.2) is 6.61 Å². The van der Waals surface area contributed by atoms with Crippen LogP contribution in [0.2, 0.25) is 0 Å². The minimum Gasteiger partial charge on any atom is -0.455 e. The van der Waals surface area contributed by atoms with E-state index in [0.29, 0.717) is 11.3 Å². The summed E-state index contributed by atoms with van der Waals surface area (Å²) in [5.41, 5.74) is 2.76. The van der Waals surface area contributed by atoms with Crippen molar-refractivity contribution in [3.63, 3.8) is 0 Å². The molecule has 9 nitrogen and oxygen atoms in total. The van der Waals surface area contributed by atoms with Gasteiger partial charge in [-0.15, -0.1) is 0 Å². The summed E-state index contributed by atoms with van der Waals surface area (Å²) in [6, 6.07) is 12.0. The lowest BCUT2D eigenvalue weighted by molar-refractivity contribution is -0.151. The summed E-state index contributed by atoms with van der Waals surface area (Å²) >= 11 is 0. The zero-order chi connectivity index (χ0) is 25.0. The zero-order valence-corrected chi connectivity index (χ0v) is 20.5. The highest BCUT2D eigenvalue weighted by Gasteiger charge is 2.37. The van der Waals surface area contributed by atoms with Crippen LogP contribution in [0.3, 0.4) is 0 Å². The van der Waals surface area contributed by atoms with Crippen LogP contribution in [0.5, 0.6) is 0 Å². The standard InChI is InChI=1S/C24H29N3O6S/c1-5-17-8-6-7-9-21(17)27-14-18(12-23(27)29)24(30)33-15-22(28)25-20-13-19(11-10-16(20)2)34(31,32)26(3)4/h6-11,13,18H,5,12,14-15H2,1-4H3,(H,25,28). The topological polar surface area (TPSA) is 113 Å². The van der Waals surface area contributed by atoms with Crippen LogP contribution in [0.1, 0.15) is 24.5 Å². The Kier molecular flexibility index (Phi) is 7.73. The lowest BCUT2D eigenvalue weighted by Crippen LogP contribution is -2.29. The number of sulfonamides is 1. The summed E-state index contributed by atoms with van der Waals surface area (Å²) in [6.07, 6.45) is 0.772. The number of ether oxygens (including phenoxy) is 1. The van der Waals surface area contributed by atoms with E-state index >= 15 is 0 Å². The van der Waals surface area contributed by atoms with Gasteiger partial charge < -0.3 is 15.0 Å². The third-order valence-electron chi connectivity index (χ3n) is 5.73. The molecule has 0 spiro atoms. The van der Waals surface area contributed by atoms with Gasteiger partial charge in [0.1, 0.15) is 0 Å². The Bertz CT molecular complexity index is 1210. The minimum absolute atomic E-state index is 0.0159. The lowest BCUT2D eigenvalue weighted by Gasteiger charge is -2.19. The molecule has 0 bridgehead atoms. The molecule has 10 heteroatoms. The third-order valence-corrected chi connectivity index (χ3v) is 7.54. The van der Waals surface area contributed by atoms with E-state index in [1.807, 2.05) is 31.2 Å². The molecule has 1 heterocycles. The lowest BCUT2D eigenvalue weighted by atomic mass is 10.1. The molecular formula is C24H29N3O6S. The molecule has 1 atom stereocenters. The summed E-state index contributed by atoms with van der Waals surface area (Å²) in [6.45, 7) is 3.37.